The predicted molar refractivity (Wildman–Crippen MR) is 101 cm³/mol. The summed E-state index contributed by atoms with van der Waals surface area (Å²) in [5.41, 5.74) is 0.968. The molecule has 0 aromatic heterocycles. The normalized spacial score (nSPS) is 21.4. The number of hydrogen-bond acceptors (Lipinski definition) is 6. The molecule has 1 N–H and O–H groups in total. The number of halogens is 1. The quantitative estimate of drug-likeness (QED) is 0.378. The summed E-state index contributed by atoms with van der Waals surface area (Å²) in [5, 5.41) is 14.0. The number of benzene rings is 1. The Kier molecular flexibility index (Phi) is 7.92. The predicted octanol–water partition coefficient (Wildman–Crippen LogP) is 2.05. The van der Waals surface area contributed by atoms with Gasteiger partial charge in [0.2, 0.25) is 6.54 Å². The summed E-state index contributed by atoms with van der Waals surface area (Å²) in [7, 11) is 0. The highest BCUT2D eigenvalue weighted by Crippen LogP contribution is 2.36. The summed E-state index contributed by atoms with van der Waals surface area (Å²) < 4.78 is 4.93. The van der Waals surface area contributed by atoms with Crippen LogP contribution in [0.15, 0.2) is 24.3 Å². The van der Waals surface area contributed by atoms with E-state index in [0.717, 1.165) is 5.56 Å². The first-order valence-corrected chi connectivity index (χ1v) is 9.45. The van der Waals surface area contributed by atoms with E-state index in [1.54, 1.807) is 19.1 Å². The molecule has 1 aromatic carbocycles. The smallest absolute Gasteiger partial charge is 0.307 e. The maximum Gasteiger partial charge on any atom is 0.307 e. The highest BCUT2D eigenvalue weighted by Gasteiger charge is 2.44. The van der Waals surface area contributed by atoms with E-state index in [0.29, 0.717) is 18.0 Å². The number of nitro groups is 1. The number of carbonyl (C=O) groups is 3. The van der Waals surface area contributed by atoms with E-state index in [1.165, 1.54) is 0 Å². The maximum atomic E-state index is 12.0. The van der Waals surface area contributed by atoms with Crippen LogP contribution in [0.2, 0.25) is 5.02 Å². The third kappa shape index (κ3) is 6.60. The molecular weight excluding hydrogens is 388 g/mol. The SMILES string of the molecule is C[C@H]1CC(=O)[C@H](CC(=O)OCC(=O)NCCc2cccc(Cl)c2)[C@@H]1C[N+](=O)[O-]. The molecule has 1 amide bonds. The molecule has 8 nitrogen and oxygen atoms in total. The fourth-order valence-corrected chi connectivity index (χ4v) is 3.69. The Labute approximate surface area is 167 Å². The van der Waals surface area contributed by atoms with Crippen LogP contribution in [0.3, 0.4) is 0 Å². The molecule has 1 saturated carbocycles. The average Bonchev–Trinajstić information content (AvgIpc) is 2.86. The number of ketones is 1. The van der Waals surface area contributed by atoms with Crippen molar-refractivity contribution >= 4 is 29.3 Å². The van der Waals surface area contributed by atoms with Crippen LogP contribution in [0.25, 0.3) is 0 Å². The summed E-state index contributed by atoms with van der Waals surface area (Å²) in [6, 6.07) is 7.27. The monoisotopic (exact) mass is 410 g/mol. The first-order chi connectivity index (χ1) is 13.3. The summed E-state index contributed by atoms with van der Waals surface area (Å²) in [5.74, 6) is -2.68. The van der Waals surface area contributed by atoms with Gasteiger partial charge in [-0.25, -0.2) is 0 Å². The lowest BCUT2D eigenvalue weighted by Gasteiger charge is -2.17. The molecule has 0 saturated heterocycles. The van der Waals surface area contributed by atoms with Gasteiger partial charge in [0.25, 0.3) is 5.91 Å². The number of amides is 1. The van der Waals surface area contributed by atoms with Gasteiger partial charge < -0.3 is 10.1 Å². The highest BCUT2D eigenvalue weighted by atomic mass is 35.5. The molecule has 0 aliphatic heterocycles. The number of esters is 1. The minimum absolute atomic E-state index is 0.148. The van der Waals surface area contributed by atoms with Gasteiger partial charge in [0, 0.05) is 34.7 Å². The van der Waals surface area contributed by atoms with Gasteiger partial charge >= 0.3 is 5.97 Å². The molecule has 0 unspecified atom stereocenters. The molecule has 9 heteroatoms. The van der Waals surface area contributed by atoms with Gasteiger partial charge in [0.1, 0.15) is 5.78 Å². The van der Waals surface area contributed by atoms with E-state index in [1.807, 2.05) is 12.1 Å². The van der Waals surface area contributed by atoms with Crippen LogP contribution in [0, 0.1) is 27.9 Å². The van der Waals surface area contributed by atoms with E-state index in [-0.39, 0.29) is 31.1 Å². The number of Topliss-reactive ketones (excluding diaryl/α,β-unsaturated/α-hetero) is 1. The van der Waals surface area contributed by atoms with Crippen LogP contribution in [0.4, 0.5) is 0 Å². The molecule has 152 valence electrons. The molecule has 1 aliphatic carbocycles. The molecular formula is C19H23ClN2O6. The van der Waals surface area contributed by atoms with E-state index < -0.39 is 35.2 Å². The number of carbonyl (C=O) groups excluding carboxylic acids is 3. The molecule has 28 heavy (non-hydrogen) atoms. The molecule has 0 radical (unpaired) electrons. The Morgan fingerprint density at radius 2 is 2.14 bits per heavy atom. The van der Waals surface area contributed by atoms with E-state index in [2.05, 4.69) is 5.32 Å². The first kappa shape index (κ1) is 21.8. The van der Waals surface area contributed by atoms with Crippen molar-refractivity contribution in [2.45, 2.75) is 26.2 Å². The zero-order valence-electron chi connectivity index (χ0n) is 15.6. The van der Waals surface area contributed by atoms with Crippen molar-refractivity contribution in [1.29, 1.82) is 0 Å². The Balaban J connectivity index is 1.73. The van der Waals surface area contributed by atoms with Gasteiger partial charge in [0.15, 0.2) is 6.61 Å². The minimum Gasteiger partial charge on any atom is -0.456 e. The molecule has 1 aliphatic rings. The molecule has 3 atom stereocenters. The zero-order valence-corrected chi connectivity index (χ0v) is 16.3. The summed E-state index contributed by atoms with van der Waals surface area (Å²) >= 11 is 5.89. The topological polar surface area (TPSA) is 116 Å². The third-order valence-corrected chi connectivity index (χ3v) is 5.16. The van der Waals surface area contributed by atoms with Crippen LogP contribution in [0.1, 0.15) is 25.3 Å². The maximum absolute atomic E-state index is 12.0. The first-order valence-electron chi connectivity index (χ1n) is 9.07. The summed E-state index contributed by atoms with van der Waals surface area (Å²) in [6.45, 7) is 1.32. The number of nitrogens with one attached hydrogen (secondary N) is 1. The average molecular weight is 411 g/mol. The number of ether oxygens (including phenoxy) is 1. The van der Waals surface area contributed by atoms with Crippen molar-refractivity contribution in [3.63, 3.8) is 0 Å². The molecule has 0 bridgehead atoms. The summed E-state index contributed by atoms with van der Waals surface area (Å²) in [4.78, 5) is 46.1. The molecule has 0 heterocycles. The van der Waals surface area contributed by atoms with Gasteiger partial charge in [-0.3, -0.25) is 24.5 Å². The van der Waals surface area contributed by atoms with Crippen molar-refractivity contribution in [3.8, 4) is 0 Å². The Morgan fingerprint density at radius 1 is 1.39 bits per heavy atom. The molecule has 0 spiro atoms. The fourth-order valence-electron chi connectivity index (χ4n) is 3.47. The Bertz CT molecular complexity index is 754. The van der Waals surface area contributed by atoms with Crippen molar-refractivity contribution in [3.05, 3.63) is 45.0 Å². The van der Waals surface area contributed by atoms with Crippen molar-refractivity contribution in [1.82, 2.24) is 5.32 Å². The highest BCUT2D eigenvalue weighted by molar-refractivity contribution is 6.30. The lowest BCUT2D eigenvalue weighted by molar-refractivity contribution is -0.490. The van der Waals surface area contributed by atoms with Crippen LogP contribution in [-0.4, -0.2) is 42.3 Å². The largest absolute Gasteiger partial charge is 0.456 e. The van der Waals surface area contributed by atoms with Gasteiger partial charge in [-0.1, -0.05) is 30.7 Å². The Hall–Kier alpha value is -2.48. The van der Waals surface area contributed by atoms with Crippen molar-refractivity contribution < 1.29 is 24.0 Å². The molecule has 1 fully saturated rings. The third-order valence-electron chi connectivity index (χ3n) is 4.92. The van der Waals surface area contributed by atoms with Crippen LogP contribution >= 0.6 is 11.6 Å². The van der Waals surface area contributed by atoms with Crippen molar-refractivity contribution in [2.24, 2.45) is 17.8 Å². The second kappa shape index (κ2) is 10.2. The van der Waals surface area contributed by atoms with Gasteiger partial charge in [-0.15, -0.1) is 0 Å². The van der Waals surface area contributed by atoms with E-state index >= 15 is 0 Å². The zero-order chi connectivity index (χ0) is 20.7. The van der Waals surface area contributed by atoms with E-state index in [4.69, 9.17) is 16.3 Å². The van der Waals surface area contributed by atoms with Crippen molar-refractivity contribution in [2.75, 3.05) is 19.7 Å². The van der Waals surface area contributed by atoms with Crippen LogP contribution in [-0.2, 0) is 25.5 Å². The number of rotatable bonds is 9. The molecule has 1 aromatic rings. The Morgan fingerprint density at radius 3 is 2.82 bits per heavy atom. The lowest BCUT2D eigenvalue weighted by atomic mass is 9.88. The lowest BCUT2D eigenvalue weighted by Crippen LogP contribution is -2.32. The van der Waals surface area contributed by atoms with Gasteiger partial charge in [-0.2, -0.15) is 0 Å². The number of nitrogens with zero attached hydrogens (tertiary/aromatic N) is 1. The standard InChI is InChI=1S/C19H23ClN2O6/c1-12-7-17(23)15(16(12)10-22(26)27)9-19(25)28-11-18(24)21-6-5-13-3-2-4-14(20)8-13/h2-4,8,12,15-16H,5-7,9-11H2,1H3,(H,21,24)/t12-,15+,16+/m0/s1. The summed E-state index contributed by atoms with van der Waals surface area (Å²) in [6.07, 6.45) is 0.565. The van der Waals surface area contributed by atoms with Crippen LogP contribution in [0.5, 0.6) is 0 Å². The van der Waals surface area contributed by atoms with Gasteiger partial charge in [0.05, 0.1) is 6.42 Å². The number of hydrogen-bond donors (Lipinski definition) is 1. The second-order valence-electron chi connectivity index (χ2n) is 7.03. The fraction of sp³-hybridized carbons (Fsp3) is 0.526. The van der Waals surface area contributed by atoms with Gasteiger partial charge in [-0.05, 0) is 30.0 Å². The second-order valence-corrected chi connectivity index (χ2v) is 7.46. The minimum atomic E-state index is -0.723. The van der Waals surface area contributed by atoms with Crippen LogP contribution < -0.4 is 5.32 Å². The van der Waals surface area contributed by atoms with E-state index in [9.17, 15) is 24.5 Å². The molecule has 2 rings (SSSR count).